The normalized spacial score (nSPS) is 11.1. The van der Waals surface area contributed by atoms with Crippen LogP contribution < -0.4 is 5.32 Å². The Hall–Kier alpha value is -3.61. The van der Waals surface area contributed by atoms with Crippen LogP contribution in [0.25, 0.3) is 16.9 Å². The summed E-state index contributed by atoms with van der Waals surface area (Å²) in [6.45, 7) is 3.57. The van der Waals surface area contributed by atoms with E-state index in [1.165, 1.54) is 12.1 Å². The lowest BCUT2D eigenvalue weighted by Crippen LogP contribution is -2.17. The molecule has 4 rings (SSSR count). The van der Waals surface area contributed by atoms with Crippen LogP contribution in [0.15, 0.2) is 54.7 Å². The van der Waals surface area contributed by atoms with Gasteiger partial charge in [0.25, 0.3) is 0 Å². The number of fused-ring (bicyclic) bond motifs is 1. The average molecular weight is 409 g/mol. The molecule has 4 nitrogen and oxygen atoms in total. The van der Waals surface area contributed by atoms with Crippen LogP contribution in [0.5, 0.6) is 0 Å². The highest BCUT2D eigenvalue weighted by Crippen LogP contribution is 2.27. The van der Waals surface area contributed by atoms with Gasteiger partial charge in [-0.05, 0) is 61.4 Å². The number of halogens is 3. The second kappa shape index (κ2) is 7.67. The molecule has 0 unspecified atom stereocenters. The molecule has 0 aliphatic heterocycles. The molecule has 152 valence electrons. The first kappa shape index (κ1) is 19.7. The highest BCUT2D eigenvalue weighted by molar-refractivity contribution is 5.93. The highest BCUT2D eigenvalue weighted by atomic mass is 19.1. The molecule has 0 aliphatic carbocycles. The zero-order valence-electron chi connectivity index (χ0n) is 16.3. The van der Waals surface area contributed by atoms with Gasteiger partial charge in [-0.2, -0.15) is 0 Å². The number of amides is 1. The Bertz CT molecular complexity index is 1280. The fourth-order valence-corrected chi connectivity index (χ4v) is 3.33. The molecule has 0 saturated heterocycles. The van der Waals surface area contributed by atoms with E-state index in [1.807, 2.05) is 25.3 Å². The molecular weight excluding hydrogens is 391 g/mol. The fourth-order valence-electron chi connectivity index (χ4n) is 3.33. The van der Waals surface area contributed by atoms with E-state index in [4.69, 9.17) is 0 Å². The third-order valence-electron chi connectivity index (χ3n) is 4.83. The molecule has 4 aromatic rings. The largest absolute Gasteiger partial charge is 0.323 e. The van der Waals surface area contributed by atoms with Crippen molar-refractivity contribution >= 4 is 17.2 Å². The van der Waals surface area contributed by atoms with Gasteiger partial charge >= 0.3 is 0 Å². The number of imidazole rings is 1. The molecule has 0 atom stereocenters. The Balaban J connectivity index is 1.75. The summed E-state index contributed by atoms with van der Waals surface area (Å²) in [5.74, 6) is -2.39. The van der Waals surface area contributed by atoms with Crippen molar-refractivity contribution < 1.29 is 18.0 Å². The SMILES string of the molecule is Cc1ccc2nc(-c3ccc(F)c(C)c3)c(CC(=O)Nc3ccc(F)cc3F)n2c1. The van der Waals surface area contributed by atoms with Crippen molar-refractivity contribution in [3.63, 3.8) is 0 Å². The predicted molar refractivity (Wildman–Crippen MR) is 109 cm³/mol. The van der Waals surface area contributed by atoms with Crippen molar-refractivity contribution in [1.82, 2.24) is 9.38 Å². The molecule has 0 aliphatic rings. The minimum Gasteiger partial charge on any atom is -0.323 e. The second-order valence-electron chi connectivity index (χ2n) is 7.15. The summed E-state index contributed by atoms with van der Waals surface area (Å²) in [6.07, 6.45) is 1.75. The van der Waals surface area contributed by atoms with Crippen molar-refractivity contribution in [3.05, 3.63) is 89.0 Å². The lowest BCUT2D eigenvalue weighted by Gasteiger charge is -2.09. The van der Waals surface area contributed by atoms with Gasteiger partial charge < -0.3 is 9.72 Å². The molecule has 0 spiro atoms. The molecule has 1 amide bonds. The van der Waals surface area contributed by atoms with Gasteiger partial charge in [0, 0.05) is 17.8 Å². The van der Waals surface area contributed by atoms with E-state index >= 15 is 0 Å². The van der Waals surface area contributed by atoms with Crippen LogP contribution in [0, 0.1) is 31.3 Å². The Kier molecular flexibility index (Phi) is 5.03. The number of carbonyl (C=O) groups is 1. The Labute approximate surface area is 171 Å². The minimum atomic E-state index is -0.855. The number of benzene rings is 2. The summed E-state index contributed by atoms with van der Waals surface area (Å²) in [4.78, 5) is 17.3. The predicted octanol–water partition coefficient (Wildman–Crippen LogP) is 5.22. The van der Waals surface area contributed by atoms with Crippen molar-refractivity contribution in [2.24, 2.45) is 0 Å². The highest BCUT2D eigenvalue weighted by Gasteiger charge is 2.19. The molecule has 0 radical (unpaired) electrons. The lowest BCUT2D eigenvalue weighted by molar-refractivity contribution is -0.115. The quantitative estimate of drug-likeness (QED) is 0.503. The number of rotatable bonds is 4. The van der Waals surface area contributed by atoms with Crippen LogP contribution in [-0.4, -0.2) is 15.3 Å². The number of nitrogens with zero attached hydrogens (tertiary/aromatic N) is 2. The van der Waals surface area contributed by atoms with Gasteiger partial charge in [0.1, 0.15) is 23.1 Å². The van der Waals surface area contributed by atoms with Crippen LogP contribution in [0.1, 0.15) is 16.8 Å². The number of hydrogen-bond acceptors (Lipinski definition) is 2. The van der Waals surface area contributed by atoms with Crippen LogP contribution in [0.2, 0.25) is 0 Å². The first-order chi connectivity index (χ1) is 14.3. The van der Waals surface area contributed by atoms with Crippen molar-refractivity contribution in [2.45, 2.75) is 20.3 Å². The van der Waals surface area contributed by atoms with E-state index < -0.39 is 17.5 Å². The first-order valence-electron chi connectivity index (χ1n) is 9.31. The van der Waals surface area contributed by atoms with E-state index in [2.05, 4.69) is 10.3 Å². The van der Waals surface area contributed by atoms with Crippen LogP contribution >= 0.6 is 0 Å². The van der Waals surface area contributed by atoms with Gasteiger partial charge in [-0.1, -0.05) is 6.07 Å². The van der Waals surface area contributed by atoms with Crippen LogP contribution in [-0.2, 0) is 11.2 Å². The number of aromatic nitrogens is 2. The zero-order valence-corrected chi connectivity index (χ0v) is 16.3. The third-order valence-corrected chi connectivity index (χ3v) is 4.83. The molecule has 0 bridgehead atoms. The monoisotopic (exact) mass is 409 g/mol. The smallest absolute Gasteiger partial charge is 0.230 e. The summed E-state index contributed by atoms with van der Waals surface area (Å²) in [5, 5.41) is 2.47. The van der Waals surface area contributed by atoms with Crippen molar-refractivity contribution in [1.29, 1.82) is 0 Å². The molecule has 0 saturated carbocycles. The van der Waals surface area contributed by atoms with Crippen molar-refractivity contribution in [3.8, 4) is 11.3 Å². The van der Waals surface area contributed by atoms with Gasteiger partial charge in [0.05, 0.1) is 23.5 Å². The van der Waals surface area contributed by atoms with E-state index in [1.54, 1.807) is 23.5 Å². The summed E-state index contributed by atoms with van der Waals surface area (Å²) >= 11 is 0. The molecule has 2 aromatic heterocycles. The maximum Gasteiger partial charge on any atom is 0.230 e. The van der Waals surface area contributed by atoms with E-state index in [0.717, 1.165) is 11.6 Å². The van der Waals surface area contributed by atoms with E-state index in [-0.39, 0.29) is 17.9 Å². The summed E-state index contributed by atoms with van der Waals surface area (Å²) in [5.41, 5.74) is 3.75. The molecule has 0 fully saturated rings. The number of nitrogens with one attached hydrogen (secondary N) is 1. The molecule has 7 heteroatoms. The summed E-state index contributed by atoms with van der Waals surface area (Å²) in [7, 11) is 0. The second-order valence-corrected chi connectivity index (χ2v) is 7.15. The molecular formula is C23H18F3N3O. The summed E-state index contributed by atoms with van der Waals surface area (Å²) < 4.78 is 42.6. The van der Waals surface area contributed by atoms with Gasteiger partial charge in [0.2, 0.25) is 5.91 Å². The van der Waals surface area contributed by atoms with Crippen LogP contribution in [0.3, 0.4) is 0 Å². The third kappa shape index (κ3) is 3.78. The standard InChI is InChI=1S/C23H18F3N3O/c1-13-3-8-21-28-23(15-4-6-17(25)14(2)9-15)20(29(21)12-13)11-22(30)27-19-7-5-16(24)10-18(19)26/h3-10,12H,11H2,1-2H3,(H,27,30). The zero-order chi connectivity index (χ0) is 21.4. The first-order valence-corrected chi connectivity index (χ1v) is 9.31. The van der Waals surface area contributed by atoms with Gasteiger partial charge in [-0.15, -0.1) is 0 Å². The maximum atomic E-state index is 13.9. The number of anilines is 1. The summed E-state index contributed by atoms with van der Waals surface area (Å²) in [6, 6.07) is 11.3. The molecule has 1 N–H and O–H groups in total. The van der Waals surface area contributed by atoms with Gasteiger partial charge in [-0.3, -0.25) is 4.79 Å². The van der Waals surface area contributed by atoms with Crippen molar-refractivity contribution in [2.75, 3.05) is 5.32 Å². The number of hydrogen-bond donors (Lipinski definition) is 1. The minimum absolute atomic E-state index is 0.104. The average Bonchev–Trinajstić information content (AvgIpc) is 3.04. The number of carbonyl (C=O) groups excluding carboxylic acids is 1. The fraction of sp³-hybridized carbons (Fsp3) is 0.130. The molecule has 2 heterocycles. The Morgan fingerprint density at radius 3 is 2.53 bits per heavy atom. The van der Waals surface area contributed by atoms with Gasteiger partial charge in [0.15, 0.2) is 0 Å². The van der Waals surface area contributed by atoms with Gasteiger partial charge in [-0.25, -0.2) is 18.2 Å². The maximum absolute atomic E-state index is 13.9. The van der Waals surface area contributed by atoms with E-state index in [9.17, 15) is 18.0 Å². The van der Waals surface area contributed by atoms with Crippen LogP contribution in [0.4, 0.5) is 18.9 Å². The topological polar surface area (TPSA) is 46.4 Å². The Morgan fingerprint density at radius 2 is 1.80 bits per heavy atom. The van der Waals surface area contributed by atoms with E-state index in [0.29, 0.717) is 34.2 Å². The molecule has 2 aromatic carbocycles. The molecule has 30 heavy (non-hydrogen) atoms. The number of aryl methyl sites for hydroxylation is 2. The number of pyridine rings is 1. The Morgan fingerprint density at radius 1 is 1.00 bits per heavy atom. The lowest BCUT2D eigenvalue weighted by atomic mass is 10.1.